The lowest BCUT2D eigenvalue weighted by molar-refractivity contribution is 0.0938. The van der Waals surface area contributed by atoms with Crippen LogP contribution in [0.15, 0.2) is 89.8 Å². The number of carbonyl (C=O) groups is 1. The van der Waals surface area contributed by atoms with Crippen LogP contribution in [0.25, 0.3) is 0 Å². The summed E-state index contributed by atoms with van der Waals surface area (Å²) in [5.41, 5.74) is 1.98. The molecule has 0 aliphatic rings. The minimum absolute atomic E-state index is 0.00706. The molecule has 0 heterocycles. The molecule has 2 N–H and O–H groups in total. The van der Waals surface area contributed by atoms with Crippen molar-refractivity contribution >= 4 is 21.6 Å². The fraction of sp³-hybridized carbons (Fsp3) is 0.174. The highest BCUT2D eigenvalue weighted by atomic mass is 32.2. The predicted molar refractivity (Wildman–Crippen MR) is 115 cm³/mol. The quantitative estimate of drug-likeness (QED) is 0.585. The third kappa shape index (κ3) is 5.93. The minimum Gasteiger partial charge on any atom is -0.350 e. The summed E-state index contributed by atoms with van der Waals surface area (Å²) in [5, 5.41) is 2.97. The molecule has 3 aromatic carbocycles. The first-order valence-electron chi connectivity index (χ1n) is 9.47. The van der Waals surface area contributed by atoms with Crippen molar-refractivity contribution in [3.8, 4) is 0 Å². The van der Waals surface area contributed by atoms with Crippen molar-refractivity contribution < 1.29 is 13.2 Å². The van der Waals surface area contributed by atoms with Gasteiger partial charge in [0.25, 0.3) is 15.9 Å². The van der Waals surface area contributed by atoms with Crippen LogP contribution in [0.2, 0.25) is 0 Å². The zero-order valence-electron chi connectivity index (χ0n) is 16.2. The standard InChI is InChI=1S/C23H24N2O3S/c1-18(15-16-19-9-4-2-5-10-19)24-23(26)20-11-8-12-21(17-20)25-29(27,28)22-13-6-3-7-14-22/h2-14,17-18,25H,15-16H2,1H3,(H,24,26)/t18-/m1/s1. The largest absolute Gasteiger partial charge is 0.350 e. The van der Waals surface area contributed by atoms with E-state index in [1.165, 1.54) is 17.7 Å². The molecule has 5 nitrogen and oxygen atoms in total. The molecular formula is C23H24N2O3S. The van der Waals surface area contributed by atoms with Gasteiger partial charge in [0, 0.05) is 17.3 Å². The Hall–Kier alpha value is -3.12. The van der Waals surface area contributed by atoms with E-state index in [2.05, 4.69) is 22.2 Å². The first-order chi connectivity index (χ1) is 13.9. The van der Waals surface area contributed by atoms with Crippen molar-refractivity contribution in [2.45, 2.75) is 30.7 Å². The van der Waals surface area contributed by atoms with Gasteiger partial charge in [-0.05, 0) is 55.7 Å². The monoisotopic (exact) mass is 408 g/mol. The average Bonchev–Trinajstić information content (AvgIpc) is 2.73. The molecule has 1 atom stereocenters. The minimum atomic E-state index is -3.70. The molecule has 0 bridgehead atoms. The van der Waals surface area contributed by atoms with Gasteiger partial charge in [-0.25, -0.2) is 8.42 Å². The first-order valence-corrected chi connectivity index (χ1v) is 10.9. The summed E-state index contributed by atoms with van der Waals surface area (Å²) in [7, 11) is -3.70. The van der Waals surface area contributed by atoms with Crippen molar-refractivity contribution in [1.29, 1.82) is 0 Å². The summed E-state index contributed by atoms with van der Waals surface area (Å²) in [4.78, 5) is 12.7. The summed E-state index contributed by atoms with van der Waals surface area (Å²) >= 11 is 0. The van der Waals surface area contributed by atoms with Crippen molar-refractivity contribution in [1.82, 2.24) is 5.32 Å². The van der Waals surface area contributed by atoms with E-state index in [4.69, 9.17) is 0 Å². The van der Waals surface area contributed by atoms with Crippen molar-refractivity contribution in [3.05, 3.63) is 96.1 Å². The van der Waals surface area contributed by atoms with Gasteiger partial charge in [0.05, 0.1) is 4.90 Å². The number of anilines is 1. The van der Waals surface area contributed by atoms with E-state index in [0.29, 0.717) is 11.3 Å². The molecule has 1 amide bonds. The molecule has 3 aromatic rings. The van der Waals surface area contributed by atoms with Crippen LogP contribution < -0.4 is 10.0 Å². The molecule has 0 aliphatic carbocycles. The van der Waals surface area contributed by atoms with Gasteiger partial charge in [0.2, 0.25) is 0 Å². The van der Waals surface area contributed by atoms with Crippen LogP contribution in [0.1, 0.15) is 29.3 Å². The second kappa shape index (κ2) is 9.39. The van der Waals surface area contributed by atoms with E-state index in [9.17, 15) is 13.2 Å². The Bertz CT molecular complexity index is 1050. The van der Waals surface area contributed by atoms with Gasteiger partial charge in [0.1, 0.15) is 0 Å². The van der Waals surface area contributed by atoms with E-state index < -0.39 is 10.0 Å². The van der Waals surface area contributed by atoms with Crippen LogP contribution >= 0.6 is 0 Å². The van der Waals surface area contributed by atoms with E-state index in [-0.39, 0.29) is 16.8 Å². The van der Waals surface area contributed by atoms with E-state index in [0.717, 1.165) is 12.8 Å². The third-order valence-electron chi connectivity index (χ3n) is 4.52. The molecule has 0 unspecified atom stereocenters. The Kier molecular flexibility index (Phi) is 6.67. The van der Waals surface area contributed by atoms with E-state index >= 15 is 0 Å². The van der Waals surface area contributed by atoms with Gasteiger partial charge in [-0.3, -0.25) is 9.52 Å². The van der Waals surface area contributed by atoms with Crippen LogP contribution in [0, 0.1) is 0 Å². The molecule has 0 saturated carbocycles. The summed E-state index contributed by atoms with van der Waals surface area (Å²) in [6.07, 6.45) is 1.69. The maximum absolute atomic E-state index is 12.6. The number of aryl methyl sites for hydroxylation is 1. The fourth-order valence-corrected chi connectivity index (χ4v) is 4.02. The molecule has 0 saturated heterocycles. The Morgan fingerprint density at radius 1 is 0.897 bits per heavy atom. The predicted octanol–water partition coefficient (Wildman–Crippen LogP) is 4.24. The zero-order valence-corrected chi connectivity index (χ0v) is 17.0. The number of sulfonamides is 1. The summed E-state index contributed by atoms with van der Waals surface area (Å²) in [6, 6.07) is 24.7. The second-order valence-electron chi connectivity index (χ2n) is 6.90. The highest BCUT2D eigenvalue weighted by Crippen LogP contribution is 2.17. The average molecular weight is 409 g/mol. The summed E-state index contributed by atoms with van der Waals surface area (Å²) in [5.74, 6) is -0.230. The normalized spacial score (nSPS) is 12.2. The number of rotatable bonds is 8. The smallest absolute Gasteiger partial charge is 0.261 e. The Balaban J connectivity index is 1.62. The van der Waals surface area contributed by atoms with Crippen molar-refractivity contribution in [3.63, 3.8) is 0 Å². The molecule has 150 valence electrons. The Labute approximate surface area is 171 Å². The number of hydrogen-bond acceptors (Lipinski definition) is 3. The molecule has 0 aliphatic heterocycles. The van der Waals surface area contributed by atoms with Crippen LogP contribution in [0.5, 0.6) is 0 Å². The molecule has 0 aromatic heterocycles. The second-order valence-corrected chi connectivity index (χ2v) is 8.58. The number of carbonyl (C=O) groups excluding carboxylic acids is 1. The fourth-order valence-electron chi connectivity index (χ4n) is 2.94. The van der Waals surface area contributed by atoms with Crippen LogP contribution in [-0.4, -0.2) is 20.4 Å². The van der Waals surface area contributed by atoms with Crippen molar-refractivity contribution in [2.75, 3.05) is 4.72 Å². The lowest BCUT2D eigenvalue weighted by Gasteiger charge is -2.15. The Morgan fingerprint density at radius 3 is 2.24 bits per heavy atom. The summed E-state index contributed by atoms with van der Waals surface area (Å²) < 4.78 is 27.5. The van der Waals surface area contributed by atoms with Gasteiger partial charge >= 0.3 is 0 Å². The Morgan fingerprint density at radius 2 is 1.55 bits per heavy atom. The topological polar surface area (TPSA) is 75.3 Å². The van der Waals surface area contributed by atoms with Gasteiger partial charge in [-0.2, -0.15) is 0 Å². The molecule has 0 fully saturated rings. The van der Waals surface area contributed by atoms with Crippen LogP contribution in [-0.2, 0) is 16.4 Å². The number of benzene rings is 3. The van der Waals surface area contributed by atoms with Gasteiger partial charge in [-0.1, -0.05) is 54.6 Å². The van der Waals surface area contributed by atoms with Crippen LogP contribution in [0.4, 0.5) is 5.69 Å². The maximum atomic E-state index is 12.6. The lowest BCUT2D eigenvalue weighted by Crippen LogP contribution is -2.32. The molecule has 6 heteroatoms. The molecule has 29 heavy (non-hydrogen) atoms. The maximum Gasteiger partial charge on any atom is 0.261 e. The van der Waals surface area contributed by atoms with Crippen LogP contribution in [0.3, 0.4) is 0 Å². The lowest BCUT2D eigenvalue weighted by atomic mass is 10.1. The first kappa shape index (κ1) is 20.6. The van der Waals surface area contributed by atoms with E-state index in [1.54, 1.807) is 42.5 Å². The van der Waals surface area contributed by atoms with Crippen molar-refractivity contribution in [2.24, 2.45) is 0 Å². The molecular weight excluding hydrogens is 384 g/mol. The molecule has 3 rings (SSSR count). The van der Waals surface area contributed by atoms with Gasteiger partial charge in [-0.15, -0.1) is 0 Å². The SMILES string of the molecule is C[C@H](CCc1ccccc1)NC(=O)c1cccc(NS(=O)(=O)c2ccccc2)c1. The molecule has 0 spiro atoms. The summed E-state index contributed by atoms with van der Waals surface area (Å²) in [6.45, 7) is 1.96. The van der Waals surface area contributed by atoms with E-state index in [1.807, 2.05) is 25.1 Å². The highest BCUT2D eigenvalue weighted by molar-refractivity contribution is 7.92. The highest BCUT2D eigenvalue weighted by Gasteiger charge is 2.15. The zero-order chi connectivity index (χ0) is 20.7. The molecule has 0 radical (unpaired) electrons. The van der Waals surface area contributed by atoms with Gasteiger partial charge < -0.3 is 5.32 Å². The number of nitrogens with one attached hydrogen (secondary N) is 2. The number of amides is 1. The third-order valence-corrected chi connectivity index (χ3v) is 5.91. The van der Waals surface area contributed by atoms with Gasteiger partial charge in [0.15, 0.2) is 0 Å². The number of hydrogen-bond donors (Lipinski definition) is 2.